The van der Waals surface area contributed by atoms with Gasteiger partial charge in [-0.1, -0.05) is 142 Å². The monoisotopic (exact) mass is 1690 g/mol. The van der Waals surface area contributed by atoms with E-state index < -0.39 is 170 Å². The molecule has 11 N–H and O–H groups in total. The van der Waals surface area contributed by atoms with Gasteiger partial charge in [-0.3, -0.25) is 33.6 Å². The molecule has 122 heavy (non-hydrogen) atoms. The topological polar surface area (TPSA) is 442 Å². The van der Waals surface area contributed by atoms with Crippen molar-refractivity contribution in [2.24, 2.45) is 47.3 Å². The highest BCUT2D eigenvalue weighted by atomic mass is 16.7. The van der Waals surface area contributed by atoms with Crippen molar-refractivity contribution in [1.29, 1.82) is 0 Å². The van der Waals surface area contributed by atoms with Crippen LogP contribution < -0.4 is 52.3 Å². The summed E-state index contributed by atoms with van der Waals surface area (Å²) in [5, 5.41) is 109. The summed E-state index contributed by atoms with van der Waals surface area (Å²) in [6.07, 6.45) is 7.01. The number of rotatable bonds is 5. The number of amides is 2. The summed E-state index contributed by atoms with van der Waals surface area (Å²) >= 11 is 0. The molecule has 2 amide bonds. The predicted octanol–water partition coefficient (Wildman–Crippen LogP) is 12.7. The SMILES string of the molecule is C.C.C.CO[C@H]1/C=C/O[C@@]2(C)Oc3c(C)c(O)c4c(=O)c(c5oc6cc(C(C)C)cc(=O)c6nc5c4c3=C2O)NC(=O)/C(C)=C\C=C\[C@H](C)[C@H](O)[C@@H](C)[C@@H](O)[C@@H](C)[C@H](O)[C@@H]1C.CO[C@H]1/C=C/O[C@@]2(C)Oc3c(C)c(O)c4c(=O)c(c5oc6cc(C(C)C)cc(=O)c6nc5c4c3=C2O)NC(=O)/C(C)=C\C=C\[C@H](C)[C@H](O)[C@@H](C)[C@@H](O)[C@@H](C)[C@H](OC(C)=O)[C@@H]1C. The van der Waals surface area contributed by atoms with Crippen molar-refractivity contribution in [3.8, 4) is 23.0 Å². The first-order valence-electron chi connectivity index (χ1n) is 39.6. The summed E-state index contributed by atoms with van der Waals surface area (Å²) in [6.45, 7) is 31.4. The highest BCUT2D eigenvalue weighted by Gasteiger charge is 2.47. The fraction of sp³-hybridized carbons (Fsp3) is 0.473. The number of nitrogens with zero attached hydrogens (tertiary/aromatic N) is 2. The molecule has 0 spiro atoms. The number of methoxy groups -OCH3 is 2. The third-order valence-electron chi connectivity index (χ3n) is 24.0. The van der Waals surface area contributed by atoms with Gasteiger partial charge in [-0.25, -0.2) is 9.97 Å². The zero-order valence-electron chi connectivity index (χ0n) is 70.4. The Morgan fingerprint density at radius 2 is 0.836 bits per heavy atom. The highest BCUT2D eigenvalue weighted by Crippen LogP contribution is 2.46. The third-order valence-corrected chi connectivity index (χ3v) is 24.0. The molecule has 6 aromatic carbocycles. The van der Waals surface area contributed by atoms with Gasteiger partial charge >= 0.3 is 17.5 Å². The van der Waals surface area contributed by atoms with Crippen LogP contribution in [0.4, 0.5) is 11.4 Å². The second-order valence-electron chi connectivity index (χ2n) is 33.0. The number of fused-ring (bicyclic) bond motifs is 4. The Morgan fingerprint density at radius 1 is 0.484 bits per heavy atom. The number of esters is 1. The first kappa shape index (κ1) is 96.4. The number of carbonyl (C=O) groups excluding carboxylic acids is 3. The van der Waals surface area contributed by atoms with Gasteiger partial charge < -0.3 is 98.6 Å². The number of allylic oxidation sites excluding steroid dienone is 4. The van der Waals surface area contributed by atoms with E-state index in [2.05, 4.69) is 15.6 Å². The Balaban J connectivity index is 0.000000296. The summed E-state index contributed by atoms with van der Waals surface area (Å²) in [4.78, 5) is 106. The van der Waals surface area contributed by atoms with Crippen molar-refractivity contribution in [2.45, 2.75) is 226 Å². The van der Waals surface area contributed by atoms with Gasteiger partial charge in [-0.2, -0.15) is 0 Å². The summed E-state index contributed by atoms with van der Waals surface area (Å²) in [5.41, 5.74) is -2.54. The number of phenols is 2. The Bertz CT molecular complexity index is 6000. The lowest BCUT2D eigenvalue weighted by Crippen LogP contribution is -2.46. The van der Waals surface area contributed by atoms with E-state index in [4.69, 9.17) is 47.0 Å². The van der Waals surface area contributed by atoms with Crippen molar-refractivity contribution >= 4 is 107 Å². The van der Waals surface area contributed by atoms with E-state index in [1.807, 2.05) is 27.7 Å². The number of aromatic hydroxyl groups is 2. The lowest BCUT2D eigenvalue weighted by atomic mass is 9.78. The number of benzene rings is 6. The van der Waals surface area contributed by atoms with Crippen molar-refractivity contribution in [3.63, 3.8) is 0 Å². The minimum Gasteiger partial charge on any atom is -0.507 e. The maximum absolute atomic E-state index is 14.7. The molecule has 0 saturated heterocycles. The van der Waals surface area contributed by atoms with Gasteiger partial charge in [0.25, 0.3) is 11.8 Å². The van der Waals surface area contributed by atoms with Crippen LogP contribution in [-0.4, -0.2) is 148 Å². The van der Waals surface area contributed by atoms with Crippen LogP contribution in [0.2, 0.25) is 0 Å². The van der Waals surface area contributed by atoms with E-state index in [-0.39, 0.29) is 156 Å². The number of aliphatic hydroxyl groups excluding tert-OH is 7. The maximum atomic E-state index is 14.7. The fourth-order valence-electron chi connectivity index (χ4n) is 16.1. The quantitative estimate of drug-likeness (QED) is 0.0433. The molecule has 0 fully saturated rings. The van der Waals surface area contributed by atoms with Gasteiger partial charge in [0.1, 0.15) is 51.5 Å². The van der Waals surface area contributed by atoms with Crippen LogP contribution >= 0.6 is 0 Å². The molecule has 8 aromatic rings. The summed E-state index contributed by atoms with van der Waals surface area (Å²) in [7, 11) is 2.88. The van der Waals surface area contributed by atoms with Gasteiger partial charge in [-0.15, -0.1) is 0 Å². The lowest BCUT2D eigenvalue weighted by molar-refractivity contribution is -0.160. The number of carbonyl (C=O) groups is 3. The number of aliphatic hydroxyl groups is 7. The van der Waals surface area contributed by atoms with Crippen molar-refractivity contribution in [1.82, 2.24) is 9.97 Å². The van der Waals surface area contributed by atoms with Gasteiger partial charge in [0.05, 0.1) is 76.5 Å². The zero-order valence-corrected chi connectivity index (χ0v) is 70.4. The maximum Gasteiger partial charge on any atom is 0.307 e. The molecule has 0 aliphatic carbocycles. The number of phenolic OH excluding ortho intramolecular Hbond substituents is 2. The third kappa shape index (κ3) is 17.6. The van der Waals surface area contributed by atoms with Gasteiger partial charge in [-0.05, 0) is 87.1 Å². The zero-order chi connectivity index (χ0) is 87.7. The lowest BCUT2D eigenvalue weighted by Gasteiger charge is -2.38. The highest BCUT2D eigenvalue weighted by molar-refractivity contribution is 6.18. The summed E-state index contributed by atoms with van der Waals surface area (Å²) in [6, 6.07) is 6.13. The second kappa shape index (κ2) is 37.3. The van der Waals surface area contributed by atoms with Crippen LogP contribution in [0.25, 0.3) is 77.5 Å². The van der Waals surface area contributed by atoms with Gasteiger partial charge in [0, 0.05) is 115 Å². The van der Waals surface area contributed by atoms with Gasteiger partial charge in [0.2, 0.25) is 21.7 Å². The van der Waals surface area contributed by atoms with Crippen molar-refractivity contribution in [3.05, 3.63) is 170 Å². The number of aromatic nitrogens is 2. The molecule has 0 unspecified atom stereocenters. The van der Waals surface area contributed by atoms with Gasteiger partial charge in [0.15, 0.2) is 44.9 Å². The second-order valence-corrected chi connectivity index (χ2v) is 33.0. The molecule has 4 aliphatic heterocycles. The van der Waals surface area contributed by atoms with E-state index in [1.54, 1.807) is 91.8 Å². The molecule has 18 atom stereocenters. The molecule has 2 aromatic heterocycles. The molecular formula is C93H118N4O25. The average Bonchev–Trinajstić information content (AvgIpc) is 1.45. The van der Waals surface area contributed by atoms with Crippen LogP contribution in [0.1, 0.15) is 174 Å². The smallest absolute Gasteiger partial charge is 0.307 e. The molecule has 660 valence electrons. The standard InChI is InChI=1S/C46H54N2O13.C44H52N2O12.3CH4/c1-19(2)27-17-28(50)34-30(18-27)60-43-35(47-34)31-32-39(53)25(8)42-33(31)44(55)46(10,61-42)58-16-15-29(57-11)22(5)41(59-26(9)49)24(7)38(52)23(6)37(51)20(3)13-12-14-21(4)45(56)48-36(43)40(32)54;1-18(2)25-16-26(47)32-28(17-25)57-41-33(45-32)29-30-38(51)24(8)40-31(29)42(53)44(9,58-40)56-15-14-27(55-10)21(5)36(49)23(7)37(50)22(6)35(48)19(3)12-11-13-20(4)43(54)46-34(41)39(30)52;;;/h12-20,22-24,29,37-38,41,51-53,55H,1-11H3,(H,48,56);11-19,21-23,27,35-37,48-51,53H,1-10H3,(H,46,54);3*1H4/b13-12+,16-15+,21-14-;12-11+,15-14+,20-13-;;;/t20-,22+,23+,24+,29-,37-,38+,41+,46-;19-,21+,22+,23-,27-,35-,36+,37+,44-;;;/m00.../s1. The van der Waals surface area contributed by atoms with E-state index >= 15 is 0 Å². The predicted molar refractivity (Wildman–Crippen MR) is 469 cm³/mol. The first-order valence-corrected chi connectivity index (χ1v) is 39.6. The largest absolute Gasteiger partial charge is 0.507 e. The Morgan fingerprint density at radius 3 is 1.20 bits per heavy atom. The molecule has 12 rings (SSSR count). The minimum atomic E-state index is -1.97. The molecule has 0 saturated carbocycles. The molecular weight excluding hydrogens is 1570 g/mol. The molecule has 29 heteroatoms. The van der Waals surface area contributed by atoms with Crippen LogP contribution in [0.15, 0.2) is 125 Å². The van der Waals surface area contributed by atoms with Crippen LogP contribution in [0.5, 0.6) is 23.0 Å². The fourth-order valence-corrected chi connectivity index (χ4v) is 16.1. The van der Waals surface area contributed by atoms with Crippen LogP contribution in [0, 0.1) is 61.2 Å². The number of anilines is 2. The van der Waals surface area contributed by atoms with Crippen LogP contribution in [-0.2, 0) is 38.1 Å². The summed E-state index contributed by atoms with van der Waals surface area (Å²) in [5.74, 6) is -13.2. The van der Waals surface area contributed by atoms with E-state index in [9.17, 15) is 79.5 Å². The van der Waals surface area contributed by atoms with Crippen molar-refractivity contribution < 1.29 is 102 Å². The van der Waals surface area contributed by atoms with E-state index in [0.29, 0.717) is 11.1 Å². The molecule has 29 nitrogen and oxygen atoms in total. The molecule has 4 aliphatic rings. The average molecular weight is 1690 g/mol. The number of ether oxygens (including phenoxy) is 7. The first-order chi connectivity index (χ1) is 55.9. The number of hydrogen-bond donors (Lipinski definition) is 11. The molecule has 0 radical (unpaired) electrons. The van der Waals surface area contributed by atoms with Crippen molar-refractivity contribution in [2.75, 3.05) is 24.9 Å². The van der Waals surface area contributed by atoms with Crippen LogP contribution in [0.3, 0.4) is 0 Å². The molecule has 8 bridgehead atoms. The minimum absolute atomic E-state index is 0. The Labute approximate surface area is 707 Å². The Hall–Kier alpha value is -11.1. The van der Waals surface area contributed by atoms with E-state index in [1.165, 1.54) is 112 Å². The number of nitrogens with one attached hydrogen (secondary N) is 2. The number of hydrogen-bond acceptors (Lipinski definition) is 27. The normalized spacial score (nSPS) is 29.4. The van der Waals surface area contributed by atoms with E-state index in [0.717, 1.165) is 0 Å². The summed E-state index contributed by atoms with van der Waals surface area (Å²) < 4.78 is 54.4. The Kier molecular flexibility index (Phi) is 29.5. The molecule has 6 heterocycles.